The number of hydrogen-bond acceptors (Lipinski definition) is 6. The summed E-state index contributed by atoms with van der Waals surface area (Å²) >= 11 is 0. The Morgan fingerprint density at radius 3 is 1.74 bits per heavy atom. The highest BCUT2D eigenvalue weighted by Gasteiger charge is 2.22. The van der Waals surface area contributed by atoms with Gasteiger partial charge in [0.1, 0.15) is 28.9 Å². The summed E-state index contributed by atoms with van der Waals surface area (Å²) in [6, 6.07) is 19.5. The van der Waals surface area contributed by atoms with E-state index in [2.05, 4.69) is 0 Å². The van der Waals surface area contributed by atoms with Gasteiger partial charge in [0.2, 0.25) is 11.8 Å². The third-order valence-electron chi connectivity index (χ3n) is 5.77. The van der Waals surface area contributed by atoms with E-state index in [0.29, 0.717) is 34.1 Å². The fraction of sp³-hybridized carbons (Fsp3) is 0.207. The zero-order valence-corrected chi connectivity index (χ0v) is 21.8. The first-order valence-corrected chi connectivity index (χ1v) is 11.7. The zero-order valence-electron chi connectivity index (χ0n) is 21.8. The third-order valence-corrected chi connectivity index (χ3v) is 5.77. The number of hydrogen-bond donors (Lipinski definition) is 2. The standard InChI is InChI=1S/C29H31N3O6/c1-32(2)29(35)25(16-19-13-23(36-3)17-24(14-19)37-4)20-7-11-22(12-8-20)38-21-9-5-18(6-10-21)15-26(27(30)33)28(31)34/h5-14,16-17,26H,15H2,1-4H3,(H2,30,33)(H2,31,34)/b25-16-. The first kappa shape index (κ1) is 27.8. The quantitative estimate of drug-likeness (QED) is 0.228. The summed E-state index contributed by atoms with van der Waals surface area (Å²) in [7, 11) is 6.52. The number of ether oxygens (including phenoxy) is 3. The van der Waals surface area contributed by atoms with E-state index in [1.54, 1.807) is 89.0 Å². The van der Waals surface area contributed by atoms with Crippen molar-refractivity contribution in [3.8, 4) is 23.0 Å². The fourth-order valence-electron chi connectivity index (χ4n) is 3.70. The molecule has 0 radical (unpaired) electrons. The molecule has 0 bridgehead atoms. The molecule has 0 spiro atoms. The number of rotatable bonds is 11. The molecular weight excluding hydrogens is 486 g/mol. The average Bonchev–Trinajstić information content (AvgIpc) is 2.90. The molecule has 3 aromatic rings. The van der Waals surface area contributed by atoms with Crippen molar-refractivity contribution in [2.75, 3.05) is 28.3 Å². The van der Waals surface area contributed by atoms with Crippen molar-refractivity contribution in [2.45, 2.75) is 6.42 Å². The number of nitrogens with two attached hydrogens (primary N) is 2. The first-order chi connectivity index (χ1) is 18.1. The van der Waals surface area contributed by atoms with Crippen LogP contribution in [0.1, 0.15) is 16.7 Å². The second-order valence-corrected chi connectivity index (χ2v) is 8.74. The Kier molecular flexibility index (Phi) is 9.10. The summed E-state index contributed by atoms with van der Waals surface area (Å²) < 4.78 is 16.6. The third kappa shape index (κ3) is 7.13. The Morgan fingerprint density at radius 1 is 0.789 bits per heavy atom. The lowest BCUT2D eigenvalue weighted by Gasteiger charge is -2.15. The molecule has 3 aromatic carbocycles. The van der Waals surface area contributed by atoms with E-state index in [1.807, 2.05) is 12.1 Å². The number of nitrogens with zero attached hydrogens (tertiary/aromatic N) is 1. The van der Waals surface area contributed by atoms with E-state index < -0.39 is 17.7 Å². The van der Waals surface area contributed by atoms with Crippen LogP contribution < -0.4 is 25.7 Å². The summed E-state index contributed by atoms with van der Waals surface area (Å²) in [6.45, 7) is 0. The number of primary amides is 2. The lowest BCUT2D eigenvalue weighted by atomic mass is 9.98. The molecule has 0 aromatic heterocycles. The number of carbonyl (C=O) groups is 3. The van der Waals surface area contributed by atoms with Gasteiger partial charge in [-0.05, 0) is 65.6 Å². The van der Waals surface area contributed by atoms with Gasteiger partial charge in [-0.25, -0.2) is 0 Å². The number of amides is 3. The Morgan fingerprint density at radius 2 is 1.29 bits per heavy atom. The maximum Gasteiger partial charge on any atom is 0.253 e. The highest BCUT2D eigenvalue weighted by molar-refractivity contribution is 6.24. The summed E-state index contributed by atoms with van der Waals surface area (Å²) in [4.78, 5) is 37.4. The normalized spacial score (nSPS) is 11.1. The fourth-order valence-corrected chi connectivity index (χ4v) is 3.70. The van der Waals surface area contributed by atoms with Crippen molar-refractivity contribution in [1.82, 2.24) is 4.90 Å². The van der Waals surface area contributed by atoms with Crippen molar-refractivity contribution >= 4 is 29.4 Å². The molecule has 4 N–H and O–H groups in total. The molecule has 3 rings (SSSR count). The molecule has 0 unspecified atom stereocenters. The minimum Gasteiger partial charge on any atom is -0.497 e. The second kappa shape index (κ2) is 12.4. The van der Waals surface area contributed by atoms with Gasteiger partial charge in [0.05, 0.1) is 14.2 Å². The van der Waals surface area contributed by atoms with Gasteiger partial charge in [-0.2, -0.15) is 0 Å². The molecule has 198 valence electrons. The number of likely N-dealkylation sites (N-methyl/N-ethyl adjacent to an activating group) is 1. The maximum absolute atomic E-state index is 13.0. The van der Waals surface area contributed by atoms with Crippen LogP contribution in [0.25, 0.3) is 11.6 Å². The Hall–Kier alpha value is -4.79. The largest absolute Gasteiger partial charge is 0.497 e. The predicted octanol–water partition coefficient (Wildman–Crippen LogP) is 3.25. The van der Waals surface area contributed by atoms with E-state index in [9.17, 15) is 14.4 Å². The highest BCUT2D eigenvalue weighted by Crippen LogP contribution is 2.29. The monoisotopic (exact) mass is 517 g/mol. The van der Waals surface area contributed by atoms with Gasteiger partial charge in [0.25, 0.3) is 5.91 Å². The second-order valence-electron chi connectivity index (χ2n) is 8.74. The molecule has 0 atom stereocenters. The van der Waals surface area contributed by atoms with Crippen LogP contribution in [0.2, 0.25) is 0 Å². The summed E-state index contributed by atoms with van der Waals surface area (Å²) in [5, 5.41) is 0. The molecule has 3 amide bonds. The van der Waals surface area contributed by atoms with Gasteiger partial charge in [0, 0.05) is 25.7 Å². The van der Waals surface area contributed by atoms with Crippen molar-refractivity contribution in [3.63, 3.8) is 0 Å². The lowest BCUT2D eigenvalue weighted by Crippen LogP contribution is -2.36. The van der Waals surface area contributed by atoms with Crippen LogP contribution >= 0.6 is 0 Å². The molecule has 38 heavy (non-hydrogen) atoms. The molecule has 0 aliphatic carbocycles. The number of carbonyl (C=O) groups excluding carboxylic acids is 3. The molecule has 0 aliphatic rings. The molecular formula is C29H31N3O6. The van der Waals surface area contributed by atoms with Crippen molar-refractivity contribution in [3.05, 3.63) is 83.4 Å². The van der Waals surface area contributed by atoms with E-state index in [0.717, 1.165) is 11.1 Å². The van der Waals surface area contributed by atoms with Crippen LogP contribution in [-0.4, -0.2) is 50.9 Å². The minimum atomic E-state index is -1.07. The topological polar surface area (TPSA) is 134 Å². The van der Waals surface area contributed by atoms with Gasteiger partial charge in [0.15, 0.2) is 0 Å². The molecule has 9 nitrogen and oxygen atoms in total. The van der Waals surface area contributed by atoms with Gasteiger partial charge < -0.3 is 30.6 Å². The van der Waals surface area contributed by atoms with Crippen molar-refractivity contribution in [1.29, 1.82) is 0 Å². The van der Waals surface area contributed by atoms with E-state index in [-0.39, 0.29) is 12.3 Å². The molecule has 0 saturated heterocycles. The van der Waals surface area contributed by atoms with Crippen LogP contribution in [0.15, 0.2) is 66.7 Å². The van der Waals surface area contributed by atoms with E-state index >= 15 is 0 Å². The molecule has 0 aliphatic heterocycles. The maximum atomic E-state index is 13.0. The lowest BCUT2D eigenvalue weighted by molar-refractivity contribution is -0.131. The van der Waals surface area contributed by atoms with E-state index in [1.165, 1.54) is 4.90 Å². The number of methoxy groups -OCH3 is 2. The van der Waals surface area contributed by atoms with Gasteiger partial charge in [-0.1, -0.05) is 24.3 Å². The van der Waals surface area contributed by atoms with Crippen molar-refractivity contribution < 1.29 is 28.6 Å². The van der Waals surface area contributed by atoms with Crippen LogP contribution in [0.4, 0.5) is 0 Å². The number of benzene rings is 3. The van der Waals surface area contributed by atoms with Gasteiger partial charge in [-0.3, -0.25) is 14.4 Å². The summed E-state index contributed by atoms with van der Waals surface area (Å²) in [5.74, 6) is -0.410. The van der Waals surface area contributed by atoms with Crippen molar-refractivity contribution in [2.24, 2.45) is 17.4 Å². The van der Waals surface area contributed by atoms with Crippen LogP contribution in [0, 0.1) is 5.92 Å². The highest BCUT2D eigenvalue weighted by atomic mass is 16.5. The predicted molar refractivity (Wildman–Crippen MR) is 145 cm³/mol. The molecule has 0 saturated carbocycles. The molecule has 0 fully saturated rings. The Labute approximate surface area is 221 Å². The Bertz CT molecular complexity index is 1300. The van der Waals surface area contributed by atoms with Gasteiger partial charge in [-0.15, -0.1) is 0 Å². The van der Waals surface area contributed by atoms with Crippen LogP contribution in [0.5, 0.6) is 23.0 Å². The molecule has 0 heterocycles. The summed E-state index contributed by atoms with van der Waals surface area (Å²) in [6.07, 6.45) is 1.90. The van der Waals surface area contributed by atoms with Gasteiger partial charge >= 0.3 is 0 Å². The summed E-state index contributed by atoms with van der Waals surface area (Å²) in [5.41, 5.74) is 13.2. The van der Waals surface area contributed by atoms with Crippen LogP contribution in [0.3, 0.4) is 0 Å². The minimum absolute atomic E-state index is 0.119. The Balaban J connectivity index is 1.82. The van der Waals surface area contributed by atoms with E-state index in [4.69, 9.17) is 25.7 Å². The smallest absolute Gasteiger partial charge is 0.253 e. The SMILES string of the molecule is COc1cc(/C=C(\C(=O)N(C)C)c2ccc(Oc3ccc(CC(C(N)=O)C(N)=O)cc3)cc2)cc(OC)c1. The zero-order chi connectivity index (χ0) is 27.8. The molecule has 9 heteroatoms. The average molecular weight is 518 g/mol. The first-order valence-electron chi connectivity index (χ1n) is 11.7. The van der Waals surface area contributed by atoms with Crippen LogP contribution in [-0.2, 0) is 20.8 Å².